The van der Waals surface area contributed by atoms with Crippen LogP contribution in [0, 0.1) is 0 Å². The highest BCUT2D eigenvalue weighted by Crippen LogP contribution is 2.34. The van der Waals surface area contributed by atoms with Crippen LogP contribution in [0.25, 0.3) is 27.8 Å². The molecule has 2 aromatic heterocycles. The lowest BCUT2D eigenvalue weighted by molar-refractivity contribution is 1.12. The summed E-state index contributed by atoms with van der Waals surface area (Å²) in [6, 6.07) is 8.99. The lowest BCUT2D eigenvalue weighted by Gasteiger charge is -2.09. The maximum Gasteiger partial charge on any atom is 0.206 e. The van der Waals surface area contributed by atoms with E-state index >= 15 is 0 Å². The van der Waals surface area contributed by atoms with Crippen LogP contribution in [0.3, 0.4) is 0 Å². The summed E-state index contributed by atoms with van der Waals surface area (Å²) < 4.78 is 10.3. The van der Waals surface area contributed by atoms with Crippen LogP contribution in [-0.2, 0) is 0 Å². The van der Waals surface area contributed by atoms with Gasteiger partial charge in [0, 0.05) is 5.02 Å². The van der Waals surface area contributed by atoms with E-state index in [0.29, 0.717) is 27.2 Å². The normalized spacial score (nSPS) is 11.5. The molecule has 21 heavy (non-hydrogen) atoms. The Kier molecular flexibility index (Phi) is 2.78. The van der Waals surface area contributed by atoms with Crippen molar-refractivity contribution in [2.45, 2.75) is 0 Å². The van der Waals surface area contributed by atoms with Crippen LogP contribution in [0.5, 0.6) is 0 Å². The maximum atomic E-state index is 6.36. The van der Waals surface area contributed by atoms with Crippen molar-refractivity contribution in [3.63, 3.8) is 0 Å². The molecule has 4 aromatic rings. The number of imidazole rings is 1. The summed E-state index contributed by atoms with van der Waals surface area (Å²) >= 11 is 13.6. The third kappa shape index (κ3) is 1.87. The molecule has 0 aliphatic rings. The van der Waals surface area contributed by atoms with Crippen molar-refractivity contribution in [1.82, 2.24) is 18.3 Å². The molecule has 5 nitrogen and oxygen atoms in total. The average Bonchev–Trinajstić information content (AvgIpc) is 3.03. The number of aromatic nitrogens is 4. The van der Waals surface area contributed by atoms with Crippen LogP contribution in [0.15, 0.2) is 30.3 Å². The number of hydrogen-bond donors (Lipinski definition) is 1. The van der Waals surface area contributed by atoms with Crippen molar-refractivity contribution in [2.24, 2.45) is 0 Å². The number of nitrogen functional groups attached to an aromatic ring is 1. The number of anilines is 1. The topological polar surface area (TPSA) is 69.6 Å². The van der Waals surface area contributed by atoms with Crippen molar-refractivity contribution in [2.75, 3.05) is 5.73 Å². The molecule has 0 unspecified atom stereocenters. The highest BCUT2D eigenvalue weighted by Gasteiger charge is 2.17. The highest BCUT2D eigenvalue weighted by molar-refractivity contribution is 7.00. The van der Waals surface area contributed by atoms with E-state index in [1.807, 2.05) is 12.1 Å². The minimum atomic E-state index is 0.328. The minimum Gasteiger partial charge on any atom is -0.369 e. The number of nitrogens with zero attached hydrogens (tertiary/aromatic N) is 4. The molecule has 0 spiro atoms. The van der Waals surface area contributed by atoms with Gasteiger partial charge in [-0.3, -0.25) is 4.57 Å². The van der Waals surface area contributed by atoms with Crippen molar-refractivity contribution >= 4 is 62.9 Å². The van der Waals surface area contributed by atoms with Crippen molar-refractivity contribution in [3.05, 3.63) is 40.4 Å². The molecule has 0 saturated heterocycles. The number of fused-ring (bicyclic) bond motifs is 2. The molecule has 2 N–H and O–H groups in total. The lowest BCUT2D eigenvalue weighted by atomic mass is 10.2. The number of nitrogens with two attached hydrogens (primary N) is 1. The summed E-state index contributed by atoms with van der Waals surface area (Å²) in [6.07, 6.45) is 0. The predicted molar refractivity (Wildman–Crippen MR) is 86.5 cm³/mol. The third-order valence-corrected chi connectivity index (χ3v) is 4.30. The molecule has 4 rings (SSSR count). The van der Waals surface area contributed by atoms with E-state index in [9.17, 15) is 0 Å². The van der Waals surface area contributed by atoms with Crippen LogP contribution in [-0.4, -0.2) is 18.3 Å². The summed E-state index contributed by atoms with van der Waals surface area (Å²) in [7, 11) is 0. The first-order chi connectivity index (χ1) is 10.1. The van der Waals surface area contributed by atoms with E-state index in [1.165, 1.54) is 0 Å². The van der Waals surface area contributed by atoms with Crippen LogP contribution in [0.2, 0.25) is 10.0 Å². The summed E-state index contributed by atoms with van der Waals surface area (Å²) in [4.78, 5) is 4.34. The number of halogens is 2. The summed E-state index contributed by atoms with van der Waals surface area (Å²) in [5.41, 5.74) is 9.72. The molecule has 0 saturated carbocycles. The van der Waals surface area contributed by atoms with Gasteiger partial charge in [-0.05, 0) is 30.3 Å². The molecule has 0 bridgehead atoms. The largest absolute Gasteiger partial charge is 0.369 e. The highest BCUT2D eigenvalue weighted by atomic mass is 35.5. The molecule has 2 heterocycles. The molecule has 0 atom stereocenters. The van der Waals surface area contributed by atoms with Crippen LogP contribution in [0.4, 0.5) is 5.95 Å². The minimum absolute atomic E-state index is 0.328. The van der Waals surface area contributed by atoms with Gasteiger partial charge in [0.2, 0.25) is 5.95 Å². The zero-order valence-corrected chi connectivity index (χ0v) is 12.7. The second kappa shape index (κ2) is 4.56. The van der Waals surface area contributed by atoms with Crippen molar-refractivity contribution in [3.8, 4) is 5.69 Å². The third-order valence-electron chi connectivity index (χ3n) is 3.22. The lowest BCUT2D eigenvalue weighted by Crippen LogP contribution is -2.02. The van der Waals surface area contributed by atoms with E-state index in [-0.39, 0.29) is 0 Å². The second-order valence-electron chi connectivity index (χ2n) is 4.47. The molecular formula is C13H7Cl2N5S. The summed E-state index contributed by atoms with van der Waals surface area (Å²) in [6.45, 7) is 0. The summed E-state index contributed by atoms with van der Waals surface area (Å²) in [5, 5.41) is 1.13. The van der Waals surface area contributed by atoms with E-state index in [0.717, 1.165) is 28.3 Å². The van der Waals surface area contributed by atoms with Gasteiger partial charge in [-0.2, -0.15) is 8.75 Å². The van der Waals surface area contributed by atoms with Gasteiger partial charge in [0.05, 0.1) is 33.5 Å². The SMILES string of the molecule is Nc1nc2ccc(Cl)cc2n1-c1c(Cl)ccc2nsnc12. The van der Waals surface area contributed by atoms with Crippen molar-refractivity contribution in [1.29, 1.82) is 0 Å². The molecule has 0 amide bonds. The first-order valence-corrected chi connectivity index (χ1v) is 7.48. The number of rotatable bonds is 1. The standard InChI is InChI=1S/C13H7Cl2N5S/c14-6-1-3-8-10(5-6)20(13(16)17-8)12-7(15)2-4-9-11(12)19-21-18-9/h1-5H,(H2,16,17). The van der Waals surface area contributed by atoms with Gasteiger partial charge < -0.3 is 5.73 Å². The van der Waals surface area contributed by atoms with Crippen LogP contribution < -0.4 is 5.73 Å². The Morgan fingerprint density at radius 3 is 2.71 bits per heavy atom. The monoisotopic (exact) mass is 335 g/mol. The van der Waals surface area contributed by atoms with E-state index in [2.05, 4.69) is 13.7 Å². The number of hydrogen-bond acceptors (Lipinski definition) is 5. The fourth-order valence-corrected chi connectivity index (χ4v) is 3.27. The summed E-state index contributed by atoms with van der Waals surface area (Å²) in [5.74, 6) is 0.328. The molecule has 0 fully saturated rings. The van der Waals surface area contributed by atoms with Gasteiger partial charge in [0.25, 0.3) is 0 Å². The van der Waals surface area contributed by atoms with Crippen LogP contribution >= 0.6 is 34.9 Å². The van der Waals surface area contributed by atoms with E-state index in [1.54, 1.807) is 22.8 Å². The Bertz CT molecular complexity index is 991. The smallest absolute Gasteiger partial charge is 0.206 e. The molecule has 0 aliphatic heterocycles. The Labute approximate surface area is 133 Å². The second-order valence-corrected chi connectivity index (χ2v) is 5.84. The van der Waals surface area contributed by atoms with Gasteiger partial charge in [-0.25, -0.2) is 4.98 Å². The van der Waals surface area contributed by atoms with Gasteiger partial charge in [0.1, 0.15) is 11.0 Å². The predicted octanol–water partition coefficient (Wildman–Crippen LogP) is 3.92. The molecule has 0 aliphatic carbocycles. The zero-order valence-electron chi connectivity index (χ0n) is 10.4. The quantitative estimate of drug-likeness (QED) is 0.572. The van der Waals surface area contributed by atoms with Gasteiger partial charge >= 0.3 is 0 Å². The zero-order chi connectivity index (χ0) is 14.6. The Morgan fingerprint density at radius 2 is 1.86 bits per heavy atom. The molecule has 8 heteroatoms. The van der Waals surface area contributed by atoms with Gasteiger partial charge in [-0.15, -0.1) is 0 Å². The number of benzene rings is 2. The first-order valence-electron chi connectivity index (χ1n) is 6.00. The maximum absolute atomic E-state index is 6.36. The van der Waals surface area contributed by atoms with Crippen LogP contribution in [0.1, 0.15) is 0 Å². The Hall–Kier alpha value is -1.89. The van der Waals surface area contributed by atoms with Gasteiger partial charge in [0.15, 0.2) is 0 Å². The fourth-order valence-electron chi connectivity index (χ4n) is 2.33. The molecular weight excluding hydrogens is 329 g/mol. The average molecular weight is 336 g/mol. The molecule has 2 aromatic carbocycles. The fraction of sp³-hybridized carbons (Fsp3) is 0. The van der Waals surface area contributed by atoms with E-state index in [4.69, 9.17) is 28.9 Å². The van der Waals surface area contributed by atoms with Gasteiger partial charge in [-0.1, -0.05) is 23.2 Å². The Balaban J connectivity index is 2.18. The Morgan fingerprint density at radius 1 is 1.05 bits per heavy atom. The van der Waals surface area contributed by atoms with Crippen molar-refractivity contribution < 1.29 is 0 Å². The molecule has 0 radical (unpaired) electrons. The van der Waals surface area contributed by atoms with E-state index < -0.39 is 0 Å². The first kappa shape index (κ1) is 12.8. The molecule has 104 valence electrons.